The van der Waals surface area contributed by atoms with Crippen molar-refractivity contribution in [3.8, 4) is 0 Å². The Morgan fingerprint density at radius 3 is 2.52 bits per heavy atom. The Kier molecular flexibility index (Phi) is 5.68. The Bertz CT molecular complexity index is 800. The fraction of sp³-hybridized carbons (Fsp3) is 0.444. The number of rotatable bonds is 6. The summed E-state index contributed by atoms with van der Waals surface area (Å²) < 4.78 is 17.9. The van der Waals surface area contributed by atoms with Crippen LogP contribution in [0.25, 0.3) is 0 Å². The second kappa shape index (κ2) is 8.15. The van der Waals surface area contributed by atoms with E-state index in [0.29, 0.717) is 11.7 Å². The molecule has 0 bridgehead atoms. The van der Waals surface area contributed by atoms with E-state index in [1.165, 1.54) is 12.1 Å². The smallest absolute Gasteiger partial charge is 0.315 e. The number of nitrogens with zero attached hydrogens (tertiary/aromatic N) is 2. The molecule has 9 heteroatoms. The number of halogens is 1. The van der Waals surface area contributed by atoms with Gasteiger partial charge in [0.1, 0.15) is 11.4 Å². The third-order valence-corrected chi connectivity index (χ3v) is 4.57. The Hall–Kier alpha value is -2.97. The normalized spacial score (nSPS) is 15.3. The molecule has 0 spiro atoms. The Labute approximate surface area is 155 Å². The zero-order chi connectivity index (χ0) is 19.3. The van der Waals surface area contributed by atoms with Gasteiger partial charge < -0.3 is 20.5 Å². The monoisotopic (exact) mass is 375 g/mol. The second-order valence-corrected chi connectivity index (χ2v) is 6.64. The van der Waals surface area contributed by atoms with Crippen LogP contribution in [0.4, 0.5) is 9.18 Å². The second-order valence-electron chi connectivity index (χ2n) is 6.64. The fourth-order valence-corrected chi connectivity index (χ4v) is 3.20. The molecule has 1 aliphatic carbocycles. The van der Waals surface area contributed by atoms with Crippen molar-refractivity contribution >= 4 is 11.9 Å². The number of hydrogen-bond donors (Lipinski definition) is 3. The van der Waals surface area contributed by atoms with E-state index >= 15 is 0 Å². The number of nitrogens with one attached hydrogen (secondary N) is 3. The molecule has 3 rings (SSSR count). The van der Waals surface area contributed by atoms with Crippen molar-refractivity contribution in [2.75, 3.05) is 6.54 Å². The molecule has 1 heterocycles. The summed E-state index contributed by atoms with van der Waals surface area (Å²) >= 11 is 0. The summed E-state index contributed by atoms with van der Waals surface area (Å²) in [5.41, 5.74) is 0.120. The van der Waals surface area contributed by atoms with Crippen molar-refractivity contribution in [3.05, 3.63) is 47.4 Å². The maximum absolute atomic E-state index is 12.9. The molecule has 0 atom stereocenters. The number of carbonyl (C=O) groups excluding carboxylic acids is 2. The van der Waals surface area contributed by atoms with E-state index in [2.05, 4.69) is 26.1 Å². The summed E-state index contributed by atoms with van der Waals surface area (Å²) in [5, 5.41) is 12.0. The summed E-state index contributed by atoms with van der Waals surface area (Å²) in [6, 6.07) is 5.33. The van der Waals surface area contributed by atoms with Gasteiger partial charge in [0, 0.05) is 13.5 Å². The van der Waals surface area contributed by atoms with Crippen LogP contribution < -0.4 is 16.0 Å². The SMILES string of the molecule is Cc1nc(C2(NC(=O)CNC(=O)NCc3ccc(F)cc3)CCCC2)no1. The highest BCUT2D eigenvalue weighted by Gasteiger charge is 2.41. The van der Waals surface area contributed by atoms with E-state index in [1.807, 2.05) is 0 Å². The lowest BCUT2D eigenvalue weighted by Crippen LogP contribution is -2.49. The van der Waals surface area contributed by atoms with E-state index in [0.717, 1.165) is 31.2 Å². The summed E-state index contributed by atoms with van der Waals surface area (Å²) in [5.74, 6) is 0.268. The van der Waals surface area contributed by atoms with Crippen LogP contribution in [0, 0.1) is 12.7 Å². The van der Waals surface area contributed by atoms with Crippen LogP contribution in [0.2, 0.25) is 0 Å². The number of aryl methyl sites for hydroxylation is 1. The quantitative estimate of drug-likeness (QED) is 0.714. The van der Waals surface area contributed by atoms with Gasteiger partial charge in [-0.3, -0.25) is 4.79 Å². The predicted octanol–water partition coefficient (Wildman–Crippen LogP) is 1.90. The Balaban J connectivity index is 1.48. The fourth-order valence-electron chi connectivity index (χ4n) is 3.20. The molecule has 1 aliphatic rings. The number of carbonyl (C=O) groups is 2. The molecule has 144 valence electrons. The van der Waals surface area contributed by atoms with Crippen molar-refractivity contribution < 1.29 is 18.5 Å². The highest BCUT2D eigenvalue weighted by atomic mass is 19.1. The molecular formula is C18H22FN5O3. The van der Waals surface area contributed by atoms with Gasteiger partial charge >= 0.3 is 6.03 Å². The van der Waals surface area contributed by atoms with E-state index < -0.39 is 11.6 Å². The van der Waals surface area contributed by atoms with Crippen molar-refractivity contribution in [2.24, 2.45) is 0 Å². The number of aromatic nitrogens is 2. The molecule has 1 fully saturated rings. The minimum atomic E-state index is -0.638. The Morgan fingerprint density at radius 1 is 1.19 bits per heavy atom. The average Bonchev–Trinajstić information content (AvgIpc) is 3.29. The van der Waals surface area contributed by atoms with Crippen LogP contribution in [0.5, 0.6) is 0 Å². The van der Waals surface area contributed by atoms with Crippen LogP contribution in [-0.4, -0.2) is 28.6 Å². The predicted molar refractivity (Wildman–Crippen MR) is 94.0 cm³/mol. The summed E-state index contributed by atoms with van der Waals surface area (Å²) in [4.78, 5) is 28.4. The van der Waals surface area contributed by atoms with Crippen molar-refractivity contribution in [1.82, 2.24) is 26.1 Å². The van der Waals surface area contributed by atoms with Gasteiger partial charge in [0.25, 0.3) is 0 Å². The number of hydrogen-bond acceptors (Lipinski definition) is 5. The van der Waals surface area contributed by atoms with Gasteiger partial charge in [0.05, 0.1) is 6.54 Å². The van der Waals surface area contributed by atoms with Gasteiger partial charge in [-0.1, -0.05) is 30.1 Å². The highest BCUT2D eigenvalue weighted by molar-refractivity contribution is 5.84. The number of benzene rings is 1. The largest absolute Gasteiger partial charge is 0.342 e. The van der Waals surface area contributed by atoms with Gasteiger partial charge in [-0.2, -0.15) is 4.98 Å². The summed E-state index contributed by atoms with van der Waals surface area (Å²) in [6.07, 6.45) is 3.38. The zero-order valence-corrected chi connectivity index (χ0v) is 15.0. The third kappa shape index (κ3) is 4.81. The zero-order valence-electron chi connectivity index (χ0n) is 15.0. The first-order valence-corrected chi connectivity index (χ1v) is 8.85. The molecule has 0 saturated heterocycles. The lowest BCUT2D eigenvalue weighted by atomic mass is 9.96. The lowest BCUT2D eigenvalue weighted by molar-refractivity contribution is -0.122. The molecule has 27 heavy (non-hydrogen) atoms. The minimum absolute atomic E-state index is 0.173. The van der Waals surface area contributed by atoms with Crippen molar-refractivity contribution in [1.29, 1.82) is 0 Å². The van der Waals surface area contributed by atoms with Crippen LogP contribution in [-0.2, 0) is 16.9 Å². The van der Waals surface area contributed by atoms with E-state index in [1.54, 1.807) is 19.1 Å². The molecule has 8 nitrogen and oxygen atoms in total. The molecule has 1 aromatic heterocycles. The molecule has 0 unspecified atom stereocenters. The van der Waals surface area contributed by atoms with Crippen LogP contribution in [0.15, 0.2) is 28.8 Å². The molecule has 3 amide bonds. The summed E-state index contributed by atoms with van der Waals surface area (Å²) in [6.45, 7) is 1.77. The first-order chi connectivity index (χ1) is 13.0. The molecule has 2 aromatic rings. The molecular weight excluding hydrogens is 353 g/mol. The maximum atomic E-state index is 12.9. The molecule has 0 radical (unpaired) electrons. The van der Waals surface area contributed by atoms with Gasteiger partial charge in [-0.05, 0) is 30.5 Å². The third-order valence-electron chi connectivity index (χ3n) is 4.57. The van der Waals surface area contributed by atoms with Gasteiger partial charge in [0.2, 0.25) is 11.8 Å². The highest BCUT2D eigenvalue weighted by Crippen LogP contribution is 2.37. The van der Waals surface area contributed by atoms with Gasteiger partial charge in [-0.25, -0.2) is 9.18 Å². The molecule has 1 aromatic carbocycles. The summed E-state index contributed by atoms with van der Waals surface area (Å²) in [7, 11) is 0. The van der Waals surface area contributed by atoms with E-state index in [4.69, 9.17) is 4.52 Å². The Morgan fingerprint density at radius 2 is 1.89 bits per heavy atom. The van der Waals surface area contributed by atoms with Crippen LogP contribution in [0.3, 0.4) is 0 Å². The van der Waals surface area contributed by atoms with Crippen molar-refractivity contribution in [2.45, 2.75) is 44.7 Å². The van der Waals surface area contributed by atoms with Crippen LogP contribution >= 0.6 is 0 Å². The molecule has 3 N–H and O–H groups in total. The van der Waals surface area contributed by atoms with Crippen LogP contribution in [0.1, 0.15) is 43.0 Å². The van der Waals surface area contributed by atoms with E-state index in [-0.39, 0.29) is 24.8 Å². The molecule has 0 aliphatic heterocycles. The van der Waals surface area contributed by atoms with Crippen molar-refractivity contribution in [3.63, 3.8) is 0 Å². The molecule has 1 saturated carbocycles. The minimum Gasteiger partial charge on any atom is -0.342 e. The van der Waals surface area contributed by atoms with Gasteiger partial charge in [-0.15, -0.1) is 0 Å². The first-order valence-electron chi connectivity index (χ1n) is 8.85. The van der Waals surface area contributed by atoms with Gasteiger partial charge in [0.15, 0.2) is 5.82 Å². The van der Waals surface area contributed by atoms with E-state index in [9.17, 15) is 14.0 Å². The lowest BCUT2D eigenvalue weighted by Gasteiger charge is -2.26. The average molecular weight is 375 g/mol. The number of urea groups is 1. The topological polar surface area (TPSA) is 109 Å². The standard InChI is InChI=1S/C18H22FN5O3/c1-12-22-16(24-27-12)18(8-2-3-9-18)23-15(25)11-21-17(26)20-10-13-4-6-14(19)7-5-13/h4-7H,2-3,8-11H2,1H3,(H,23,25)(H2,20,21,26). The maximum Gasteiger partial charge on any atom is 0.315 e. The number of amides is 3. The first kappa shape index (κ1) is 18.8.